The van der Waals surface area contributed by atoms with Crippen LogP contribution in [0.5, 0.6) is 0 Å². The summed E-state index contributed by atoms with van der Waals surface area (Å²) in [5.74, 6) is -0.466. The first-order valence-corrected chi connectivity index (χ1v) is 7.09. The van der Waals surface area contributed by atoms with Gasteiger partial charge in [-0.3, -0.25) is 4.79 Å². The Bertz CT molecular complexity index is 589. The molecule has 1 aromatic rings. The molecule has 1 saturated heterocycles. The number of amides is 1. The highest BCUT2D eigenvalue weighted by atomic mass is 16.7. The third kappa shape index (κ3) is 1.72. The van der Waals surface area contributed by atoms with E-state index in [0.717, 1.165) is 18.5 Å². The molecule has 20 heavy (non-hydrogen) atoms. The van der Waals surface area contributed by atoms with Crippen LogP contribution in [0.4, 0.5) is 5.69 Å². The van der Waals surface area contributed by atoms with Gasteiger partial charge in [0, 0.05) is 23.9 Å². The second-order valence-corrected chi connectivity index (χ2v) is 5.77. The fourth-order valence-electron chi connectivity index (χ4n) is 3.54. The van der Waals surface area contributed by atoms with Crippen LogP contribution in [0.2, 0.25) is 0 Å². The van der Waals surface area contributed by atoms with E-state index in [0.29, 0.717) is 19.6 Å². The lowest BCUT2D eigenvalue weighted by Crippen LogP contribution is -2.42. The zero-order valence-corrected chi connectivity index (χ0v) is 11.2. The Hall–Kier alpha value is -1.65. The van der Waals surface area contributed by atoms with Crippen molar-refractivity contribution in [3.05, 3.63) is 42.0 Å². The van der Waals surface area contributed by atoms with Gasteiger partial charge in [-0.05, 0) is 24.1 Å². The number of carbonyl (C=O) groups is 1. The van der Waals surface area contributed by atoms with Crippen LogP contribution in [0.1, 0.15) is 24.8 Å². The Labute approximate surface area is 117 Å². The number of hydrogen-bond donors (Lipinski definition) is 1. The molecule has 4 heteroatoms. The van der Waals surface area contributed by atoms with E-state index in [1.54, 1.807) is 0 Å². The number of nitrogens with one attached hydrogen (secondary N) is 1. The van der Waals surface area contributed by atoms with E-state index in [2.05, 4.69) is 17.5 Å². The van der Waals surface area contributed by atoms with Crippen molar-refractivity contribution in [1.29, 1.82) is 0 Å². The predicted molar refractivity (Wildman–Crippen MR) is 74.4 cm³/mol. The maximum Gasteiger partial charge on any atom is 0.225 e. The summed E-state index contributed by atoms with van der Waals surface area (Å²) in [4.78, 5) is 12.0. The van der Waals surface area contributed by atoms with Gasteiger partial charge >= 0.3 is 0 Å². The van der Waals surface area contributed by atoms with E-state index in [9.17, 15) is 4.79 Å². The summed E-state index contributed by atoms with van der Waals surface area (Å²) in [5.41, 5.74) is 1.92. The molecule has 1 unspecified atom stereocenters. The molecular weight excluding hydrogens is 254 g/mol. The number of allylic oxidation sites excluding steroid dienone is 1. The Morgan fingerprint density at radius 2 is 1.85 bits per heavy atom. The van der Waals surface area contributed by atoms with Gasteiger partial charge in [-0.1, -0.05) is 24.3 Å². The quantitative estimate of drug-likeness (QED) is 0.737. The first-order valence-electron chi connectivity index (χ1n) is 7.09. The molecule has 2 aliphatic heterocycles. The van der Waals surface area contributed by atoms with Gasteiger partial charge in [0.2, 0.25) is 5.91 Å². The van der Waals surface area contributed by atoms with Crippen LogP contribution in [0.15, 0.2) is 36.4 Å². The van der Waals surface area contributed by atoms with E-state index in [4.69, 9.17) is 9.47 Å². The van der Waals surface area contributed by atoms with Gasteiger partial charge in [-0.2, -0.15) is 0 Å². The molecule has 1 atom stereocenters. The van der Waals surface area contributed by atoms with Crippen LogP contribution in [0, 0.1) is 0 Å². The molecule has 1 aliphatic carbocycles. The van der Waals surface area contributed by atoms with Crippen LogP contribution < -0.4 is 5.32 Å². The highest BCUT2D eigenvalue weighted by Gasteiger charge is 2.46. The number of ether oxygens (including phenoxy) is 2. The molecule has 1 aromatic carbocycles. The molecule has 4 rings (SSSR count). The van der Waals surface area contributed by atoms with Crippen LogP contribution in [0.25, 0.3) is 0 Å². The number of anilines is 1. The standard InChI is InChI=1S/C16H17NO3/c18-14-11-15(12-3-1-2-4-13(12)17-14)5-7-16(8-6-15)19-9-10-20-16/h1-5,7H,6,8-11H2,(H,17,18). The Morgan fingerprint density at radius 3 is 2.60 bits per heavy atom. The third-order valence-electron chi connectivity index (χ3n) is 4.57. The van der Waals surface area contributed by atoms with Crippen molar-refractivity contribution in [2.45, 2.75) is 30.5 Å². The highest BCUT2D eigenvalue weighted by molar-refractivity contribution is 5.96. The molecule has 104 valence electrons. The van der Waals surface area contributed by atoms with Gasteiger partial charge in [0.05, 0.1) is 13.2 Å². The lowest BCUT2D eigenvalue weighted by molar-refractivity contribution is -0.131. The van der Waals surface area contributed by atoms with Crippen molar-refractivity contribution in [1.82, 2.24) is 0 Å². The molecule has 0 aromatic heterocycles. The Morgan fingerprint density at radius 1 is 1.05 bits per heavy atom. The van der Waals surface area contributed by atoms with Crippen molar-refractivity contribution in [3.8, 4) is 0 Å². The predicted octanol–water partition coefficient (Wildman–Crippen LogP) is 2.36. The first kappa shape index (κ1) is 12.1. The fourth-order valence-corrected chi connectivity index (χ4v) is 3.54. The van der Waals surface area contributed by atoms with Gasteiger partial charge in [-0.15, -0.1) is 0 Å². The lowest BCUT2D eigenvalue weighted by Gasteiger charge is -2.42. The maximum atomic E-state index is 12.0. The van der Waals surface area contributed by atoms with Crippen LogP contribution in [-0.2, 0) is 19.7 Å². The lowest BCUT2D eigenvalue weighted by atomic mass is 9.68. The molecule has 1 fully saturated rings. The summed E-state index contributed by atoms with van der Waals surface area (Å²) in [7, 11) is 0. The van der Waals surface area contributed by atoms with Gasteiger partial charge < -0.3 is 14.8 Å². The van der Waals surface area contributed by atoms with Gasteiger partial charge in [0.25, 0.3) is 0 Å². The van der Waals surface area contributed by atoms with Crippen LogP contribution >= 0.6 is 0 Å². The van der Waals surface area contributed by atoms with Gasteiger partial charge in [0.1, 0.15) is 0 Å². The average molecular weight is 271 g/mol. The summed E-state index contributed by atoms with van der Waals surface area (Å²) in [6, 6.07) is 8.05. The van der Waals surface area contributed by atoms with Crippen molar-refractivity contribution < 1.29 is 14.3 Å². The van der Waals surface area contributed by atoms with E-state index >= 15 is 0 Å². The van der Waals surface area contributed by atoms with E-state index in [-0.39, 0.29) is 11.3 Å². The highest BCUT2D eigenvalue weighted by Crippen LogP contribution is 2.47. The summed E-state index contributed by atoms with van der Waals surface area (Å²) >= 11 is 0. The van der Waals surface area contributed by atoms with Crippen LogP contribution in [0.3, 0.4) is 0 Å². The second kappa shape index (κ2) is 4.17. The zero-order chi connectivity index (χ0) is 13.6. The second-order valence-electron chi connectivity index (χ2n) is 5.77. The van der Waals surface area contributed by atoms with Crippen molar-refractivity contribution in [2.75, 3.05) is 18.5 Å². The average Bonchev–Trinajstić information content (AvgIpc) is 2.91. The third-order valence-corrected chi connectivity index (χ3v) is 4.57. The summed E-state index contributed by atoms with van der Waals surface area (Å²) < 4.78 is 11.4. The molecule has 1 N–H and O–H groups in total. The largest absolute Gasteiger partial charge is 0.344 e. The molecule has 0 bridgehead atoms. The first-order chi connectivity index (χ1) is 9.72. The fraction of sp³-hybridized carbons (Fsp3) is 0.438. The number of para-hydroxylation sites is 1. The molecule has 0 radical (unpaired) electrons. The van der Waals surface area contributed by atoms with Crippen molar-refractivity contribution >= 4 is 11.6 Å². The normalized spacial score (nSPS) is 30.5. The summed E-state index contributed by atoms with van der Waals surface area (Å²) in [5, 5.41) is 2.96. The SMILES string of the molecule is O=C1CC2(C=CC3(CC2)OCCO3)c2ccccc2N1. The number of rotatable bonds is 0. The van der Waals surface area contributed by atoms with Gasteiger partial charge in [0.15, 0.2) is 5.79 Å². The Balaban J connectivity index is 1.77. The minimum Gasteiger partial charge on any atom is -0.344 e. The zero-order valence-electron chi connectivity index (χ0n) is 11.2. The minimum atomic E-state index is -0.548. The van der Waals surface area contributed by atoms with Crippen molar-refractivity contribution in [2.24, 2.45) is 0 Å². The van der Waals surface area contributed by atoms with Crippen LogP contribution in [-0.4, -0.2) is 24.9 Å². The minimum absolute atomic E-state index is 0.0811. The number of benzene rings is 1. The molecule has 0 saturated carbocycles. The number of carbonyl (C=O) groups excluding carboxylic acids is 1. The maximum absolute atomic E-state index is 12.0. The molecule has 1 amide bonds. The summed E-state index contributed by atoms with van der Waals surface area (Å²) in [6.07, 6.45) is 6.30. The summed E-state index contributed by atoms with van der Waals surface area (Å²) in [6.45, 7) is 1.29. The molecule has 2 spiro atoms. The number of hydrogen-bond acceptors (Lipinski definition) is 3. The number of fused-ring (bicyclic) bond motifs is 2. The molecule has 4 nitrogen and oxygen atoms in total. The molecular formula is C16H17NO3. The molecule has 2 heterocycles. The smallest absolute Gasteiger partial charge is 0.225 e. The van der Waals surface area contributed by atoms with E-state index < -0.39 is 5.79 Å². The Kier molecular flexibility index (Phi) is 2.53. The van der Waals surface area contributed by atoms with E-state index in [1.165, 1.54) is 5.56 Å². The van der Waals surface area contributed by atoms with Crippen molar-refractivity contribution in [3.63, 3.8) is 0 Å². The molecule has 3 aliphatic rings. The topological polar surface area (TPSA) is 47.6 Å². The van der Waals surface area contributed by atoms with Gasteiger partial charge in [-0.25, -0.2) is 0 Å². The van der Waals surface area contributed by atoms with E-state index in [1.807, 2.05) is 24.3 Å². The monoisotopic (exact) mass is 271 g/mol.